The number of hydrogen-bond acceptors (Lipinski definition) is 2. The van der Waals surface area contributed by atoms with Crippen molar-refractivity contribution in [2.24, 2.45) is 0 Å². The average molecular weight is 284 g/mol. The van der Waals surface area contributed by atoms with Crippen LogP contribution in [0.4, 0.5) is 5.69 Å². The maximum Gasteiger partial charge on any atom is 0.0718 e. The third-order valence-corrected chi connectivity index (χ3v) is 4.08. The normalized spacial score (nSPS) is 11.1. The Bertz CT molecular complexity index is 1000. The van der Waals surface area contributed by atoms with Crippen LogP contribution in [-0.2, 0) is 0 Å². The first-order valence-electron chi connectivity index (χ1n) is 7.37. The van der Waals surface area contributed by atoms with Gasteiger partial charge in [0, 0.05) is 16.6 Å². The van der Waals surface area contributed by atoms with Crippen molar-refractivity contribution in [3.05, 3.63) is 72.3 Å². The van der Waals surface area contributed by atoms with Crippen LogP contribution in [0, 0.1) is 6.92 Å². The monoisotopic (exact) mass is 284 g/mol. The number of pyridine rings is 1. The lowest BCUT2D eigenvalue weighted by molar-refractivity contribution is 1.37. The fourth-order valence-corrected chi connectivity index (χ4v) is 3.05. The molecule has 0 spiro atoms. The second-order valence-electron chi connectivity index (χ2n) is 5.63. The number of fused-ring (bicyclic) bond motifs is 3. The van der Waals surface area contributed by atoms with E-state index in [0.717, 1.165) is 22.5 Å². The molecule has 0 radical (unpaired) electrons. The lowest BCUT2D eigenvalue weighted by Gasteiger charge is -2.10. The number of rotatable bonds is 1. The summed E-state index contributed by atoms with van der Waals surface area (Å²) in [6.45, 7) is 2.15. The van der Waals surface area contributed by atoms with Crippen molar-refractivity contribution in [2.45, 2.75) is 6.92 Å². The molecule has 0 bridgehead atoms. The van der Waals surface area contributed by atoms with Crippen LogP contribution < -0.4 is 5.73 Å². The Kier molecular flexibility index (Phi) is 2.83. The van der Waals surface area contributed by atoms with Crippen molar-refractivity contribution in [1.82, 2.24) is 4.98 Å². The maximum atomic E-state index is 5.89. The van der Waals surface area contributed by atoms with E-state index in [1.807, 2.05) is 24.3 Å². The largest absolute Gasteiger partial charge is 0.399 e. The van der Waals surface area contributed by atoms with E-state index in [4.69, 9.17) is 10.7 Å². The van der Waals surface area contributed by atoms with E-state index >= 15 is 0 Å². The molecule has 0 aliphatic carbocycles. The van der Waals surface area contributed by atoms with Gasteiger partial charge in [0.1, 0.15) is 0 Å². The molecule has 0 aliphatic heterocycles. The van der Waals surface area contributed by atoms with E-state index in [2.05, 4.69) is 49.4 Å². The SMILES string of the molecule is Cc1cc(-c2cccc(N)c2)nc2ccc3ccccc3c12. The molecule has 0 atom stereocenters. The van der Waals surface area contributed by atoms with Gasteiger partial charge in [0.25, 0.3) is 0 Å². The smallest absolute Gasteiger partial charge is 0.0718 e. The number of benzene rings is 3. The first-order valence-corrected chi connectivity index (χ1v) is 7.37. The number of nitrogen functional groups attached to an aromatic ring is 1. The van der Waals surface area contributed by atoms with Gasteiger partial charge in [-0.05, 0) is 47.5 Å². The van der Waals surface area contributed by atoms with Gasteiger partial charge in [-0.2, -0.15) is 0 Å². The van der Waals surface area contributed by atoms with Crippen LogP contribution in [0.2, 0.25) is 0 Å². The molecule has 0 fully saturated rings. The zero-order valence-electron chi connectivity index (χ0n) is 12.4. The molecule has 4 aromatic rings. The van der Waals surface area contributed by atoms with Crippen molar-refractivity contribution in [3.63, 3.8) is 0 Å². The molecule has 2 heteroatoms. The Hall–Kier alpha value is -2.87. The number of nitrogens with two attached hydrogens (primary N) is 1. The van der Waals surface area contributed by atoms with Gasteiger partial charge in [-0.25, -0.2) is 4.98 Å². The van der Waals surface area contributed by atoms with Gasteiger partial charge in [0.15, 0.2) is 0 Å². The van der Waals surface area contributed by atoms with E-state index in [-0.39, 0.29) is 0 Å². The summed E-state index contributed by atoms with van der Waals surface area (Å²) in [4.78, 5) is 4.84. The predicted molar refractivity (Wildman–Crippen MR) is 93.8 cm³/mol. The predicted octanol–water partition coefficient (Wildman–Crippen LogP) is 4.95. The van der Waals surface area contributed by atoms with Crippen LogP contribution in [0.3, 0.4) is 0 Å². The topological polar surface area (TPSA) is 38.9 Å². The van der Waals surface area contributed by atoms with Crippen LogP contribution in [-0.4, -0.2) is 4.98 Å². The third kappa shape index (κ3) is 2.01. The van der Waals surface area contributed by atoms with Gasteiger partial charge in [-0.1, -0.05) is 42.5 Å². The standard InChI is InChI=1S/C20H16N2/c1-13-11-19(15-6-4-7-16(21)12-15)22-18-10-9-14-5-2-3-8-17(14)20(13)18/h2-12H,21H2,1H3. The molecule has 0 unspecified atom stereocenters. The second kappa shape index (κ2) is 4.85. The van der Waals surface area contributed by atoms with Crippen molar-refractivity contribution in [3.8, 4) is 11.3 Å². The summed E-state index contributed by atoms with van der Waals surface area (Å²) in [5, 5.41) is 3.73. The first kappa shape index (κ1) is 12.8. The Morgan fingerprint density at radius 3 is 2.59 bits per heavy atom. The van der Waals surface area contributed by atoms with Crippen LogP contribution in [0.1, 0.15) is 5.56 Å². The number of aryl methyl sites for hydroxylation is 1. The Balaban J connectivity index is 2.03. The van der Waals surface area contributed by atoms with E-state index in [1.165, 1.54) is 21.7 Å². The van der Waals surface area contributed by atoms with Gasteiger partial charge in [-0.3, -0.25) is 0 Å². The van der Waals surface area contributed by atoms with Crippen molar-refractivity contribution in [2.75, 3.05) is 5.73 Å². The lowest BCUT2D eigenvalue weighted by Crippen LogP contribution is -1.91. The minimum atomic E-state index is 0.760. The fourth-order valence-electron chi connectivity index (χ4n) is 3.05. The molecule has 1 aromatic heterocycles. The summed E-state index contributed by atoms with van der Waals surface area (Å²) in [6.07, 6.45) is 0. The zero-order valence-corrected chi connectivity index (χ0v) is 12.4. The molecule has 106 valence electrons. The van der Waals surface area contributed by atoms with Crippen LogP contribution in [0.15, 0.2) is 66.7 Å². The summed E-state index contributed by atoms with van der Waals surface area (Å²) >= 11 is 0. The quantitative estimate of drug-likeness (QED) is 0.397. The molecular weight excluding hydrogens is 268 g/mol. The summed E-state index contributed by atoms with van der Waals surface area (Å²) in [5.74, 6) is 0. The van der Waals surface area contributed by atoms with Crippen molar-refractivity contribution in [1.29, 1.82) is 0 Å². The van der Waals surface area contributed by atoms with Crippen molar-refractivity contribution >= 4 is 27.4 Å². The molecule has 3 aromatic carbocycles. The van der Waals surface area contributed by atoms with Crippen LogP contribution >= 0.6 is 0 Å². The first-order chi connectivity index (χ1) is 10.7. The maximum absolute atomic E-state index is 5.89. The molecule has 1 heterocycles. The number of nitrogens with zero attached hydrogens (tertiary/aromatic N) is 1. The summed E-state index contributed by atoms with van der Waals surface area (Å²) < 4.78 is 0. The molecule has 2 nitrogen and oxygen atoms in total. The van der Waals surface area contributed by atoms with Gasteiger partial charge in [0.05, 0.1) is 11.2 Å². The third-order valence-electron chi connectivity index (χ3n) is 4.08. The van der Waals surface area contributed by atoms with Gasteiger partial charge in [-0.15, -0.1) is 0 Å². The van der Waals surface area contributed by atoms with E-state index < -0.39 is 0 Å². The molecule has 0 saturated carbocycles. The fraction of sp³-hybridized carbons (Fsp3) is 0.0500. The molecule has 0 amide bonds. The molecular formula is C20H16N2. The van der Waals surface area contributed by atoms with E-state index in [9.17, 15) is 0 Å². The zero-order chi connectivity index (χ0) is 15.1. The molecule has 0 saturated heterocycles. The van der Waals surface area contributed by atoms with E-state index in [1.54, 1.807) is 0 Å². The van der Waals surface area contributed by atoms with Gasteiger partial charge < -0.3 is 5.73 Å². The second-order valence-corrected chi connectivity index (χ2v) is 5.63. The molecule has 0 aliphatic rings. The Labute approximate surface area is 129 Å². The highest BCUT2D eigenvalue weighted by molar-refractivity contribution is 6.08. The Morgan fingerprint density at radius 2 is 1.73 bits per heavy atom. The molecule has 22 heavy (non-hydrogen) atoms. The highest BCUT2D eigenvalue weighted by Crippen LogP contribution is 2.30. The minimum Gasteiger partial charge on any atom is -0.399 e. The number of anilines is 1. The highest BCUT2D eigenvalue weighted by Gasteiger charge is 2.08. The summed E-state index contributed by atoms with van der Waals surface area (Å²) in [5.41, 5.74) is 10.9. The van der Waals surface area contributed by atoms with Gasteiger partial charge in [0.2, 0.25) is 0 Å². The lowest BCUT2D eigenvalue weighted by atomic mass is 9.99. The summed E-state index contributed by atoms with van der Waals surface area (Å²) in [7, 11) is 0. The number of aromatic nitrogens is 1. The van der Waals surface area contributed by atoms with Crippen molar-refractivity contribution < 1.29 is 0 Å². The van der Waals surface area contributed by atoms with E-state index in [0.29, 0.717) is 0 Å². The summed E-state index contributed by atoms with van der Waals surface area (Å²) in [6, 6.07) is 22.7. The molecule has 4 rings (SSSR count). The van der Waals surface area contributed by atoms with Crippen LogP contribution in [0.5, 0.6) is 0 Å². The minimum absolute atomic E-state index is 0.760. The van der Waals surface area contributed by atoms with Crippen LogP contribution in [0.25, 0.3) is 32.9 Å². The highest BCUT2D eigenvalue weighted by atomic mass is 14.7. The Morgan fingerprint density at radius 1 is 0.864 bits per heavy atom. The van der Waals surface area contributed by atoms with Gasteiger partial charge >= 0.3 is 0 Å². The number of hydrogen-bond donors (Lipinski definition) is 1. The molecule has 2 N–H and O–H groups in total. The average Bonchev–Trinajstić information content (AvgIpc) is 2.54.